The standard InChI is InChI=1S/C12H17Br2N/c1-9(2)8-15(3)12-5-4-10(7-13)6-11(12)14/h4-6,9H,7-8H2,1-3H3. The van der Waals surface area contributed by atoms with E-state index in [-0.39, 0.29) is 0 Å². The second-order valence-electron chi connectivity index (χ2n) is 4.19. The molecule has 0 N–H and O–H groups in total. The third-order valence-corrected chi connectivity index (χ3v) is 3.50. The zero-order chi connectivity index (χ0) is 11.4. The van der Waals surface area contributed by atoms with Crippen molar-refractivity contribution >= 4 is 37.5 Å². The predicted molar refractivity (Wildman–Crippen MR) is 74.9 cm³/mol. The fourth-order valence-corrected chi connectivity index (χ4v) is 2.67. The number of hydrogen-bond acceptors (Lipinski definition) is 1. The Bertz CT molecular complexity index is 323. The third-order valence-electron chi connectivity index (χ3n) is 2.22. The van der Waals surface area contributed by atoms with Gasteiger partial charge < -0.3 is 4.90 Å². The van der Waals surface area contributed by atoms with Gasteiger partial charge in [0.05, 0.1) is 5.69 Å². The molecule has 0 radical (unpaired) electrons. The van der Waals surface area contributed by atoms with E-state index in [4.69, 9.17) is 0 Å². The molecule has 0 heterocycles. The molecule has 15 heavy (non-hydrogen) atoms. The number of hydrogen-bond donors (Lipinski definition) is 0. The van der Waals surface area contributed by atoms with Gasteiger partial charge >= 0.3 is 0 Å². The van der Waals surface area contributed by atoms with Crippen LogP contribution in [0, 0.1) is 5.92 Å². The Morgan fingerprint density at radius 1 is 1.33 bits per heavy atom. The van der Waals surface area contributed by atoms with E-state index in [1.807, 2.05) is 0 Å². The molecular formula is C12H17Br2N. The lowest BCUT2D eigenvalue weighted by molar-refractivity contribution is 0.638. The molecule has 0 spiro atoms. The Morgan fingerprint density at radius 2 is 2.00 bits per heavy atom. The second-order valence-corrected chi connectivity index (χ2v) is 5.61. The quantitative estimate of drug-likeness (QED) is 0.736. The summed E-state index contributed by atoms with van der Waals surface area (Å²) < 4.78 is 1.17. The summed E-state index contributed by atoms with van der Waals surface area (Å²) in [6.45, 7) is 5.54. The molecular weight excluding hydrogens is 318 g/mol. The largest absolute Gasteiger partial charge is 0.373 e. The highest BCUT2D eigenvalue weighted by Crippen LogP contribution is 2.27. The third kappa shape index (κ3) is 3.80. The summed E-state index contributed by atoms with van der Waals surface area (Å²) >= 11 is 7.08. The Hall–Kier alpha value is -0.0200. The number of nitrogens with zero attached hydrogens (tertiary/aromatic N) is 1. The van der Waals surface area contributed by atoms with Gasteiger partial charge in [-0.1, -0.05) is 35.8 Å². The minimum atomic E-state index is 0.678. The van der Waals surface area contributed by atoms with Gasteiger partial charge in [0.25, 0.3) is 0 Å². The van der Waals surface area contributed by atoms with Crippen molar-refractivity contribution in [3.63, 3.8) is 0 Å². The van der Waals surface area contributed by atoms with Crippen LogP contribution in [0.1, 0.15) is 19.4 Å². The van der Waals surface area contributed by atoms with E-state index in [2.05, 4.69) is 75.9 Å². The first-order valence-corrected chi connectivity index (χ1v) is 7.01. The zero-order valence-corrected chi connectivity index (χ0v) is 12.6. The minimum Gasteiger partial charge on any atom is -0.373 e. The molecule has 0 aromatic heterocycles. The highest BCUT2D eigenvalue weighted by atomic mass is 79.9. The molecule has 1 aromatic carbocycles. The van der Waals surface area contributed by atoms with Gasteiger partial charge in [0.15, 0.2) is 0 Å². The van der Waals surface area contributed by atoms with E-state index in [9.17, 15) is 0 Å². The van der Waals surface area contributed by atoms with Crippen molar-refractivity contribution in [1.29, 1.82) is 0 Å². The maximum atomic E-state index is 3.62. The predicted octanol–water partition coefficient (Wildman–Crippen LogP) is 4.44. The molecule has 0 bridgehead atoms. The molecule has 0 aliphatic heterocycles. The summed E-state index contributed by atoms with van der Waals surface area (Å²) in [5.74, 6) is 0.678. The fraction of sp³-hybridized carbons (Fsp3) is 0.500. The summed E-state index contributed by atoms with van der Waals surface area (Å²) in [7, 11) is 2.13. The lowest BCUT2D eigenvalue weighted by Gasteiger charge is -2.23. The number of rotatable bonds is 4. The maximum absolute atomic E-state index is 3.62. The van der Waals surface area contributed by atoms with Crippen LogP contribution in [-0.2, 0) is 5.33 Å². The zero-order valence-electron chi connectivity index (χ0n) is 9.43. The minimum absolute atomic E-state index is 0.678. The molecule has 0 saturated heterocycles. The van der Waals surface area contributed by atoms with Crippen molar-refractivity contribution in [2.45, 2.75) is 19.2 Å². The Balaban J connectivity index is 2.85. The van der Waals surface area contributed by atoms with Gasteiger partial charge in [0.2, 0.25) is 0 Å². The van der Waals surface area contributed by atoms with Gasteiger partial charge in [0, 0.05) is 23.4 Å². The van der Waals surface area contributed by atoms with Crippen LogP contribution in [0.2, 0.25) is 0 Å². The summed E-state index contributed by atoms with van der Waals surface area (Å²) in [6.07, 6.45) is 0. The van der Waals surface area contributed by atoms with Crippen molar-refractivity contribution in [3.05, 3.63) is 28.2 Å². The highest BCUT2D eigenvalue weighted by molar-refractivity contribution is 9.10. The molecule has 1 nitrogen and oxygen atoms in total. The lowest BCUT2D eigenvalue weighted by Crippen LogP contribution is -2.22. The first kappa shape index (κ1) is 13.0. The molecule has 84 valence electrons. The van der Waals surface area contributed by atoms with E-state index < -0.39 is 0 Å². The van der Waals surface area contributed by atoms with E-state index in [1.165, 1.54) is 15.7 Å². The van der Waals surface area contributed by atoms with Crippen molar-refractivity contribution < 1.29 is 0 Å². The smallest absolute Gasteiger partial charge is 0.0508 e. The molecule has 0 fully saturated rings. The first-order valence-electron chi connectivity index (χ1n) is 5.10. The SMILES string of the molecule is CC(C)CN(C)c1ccc(CBr)cc1Br. The van der Waals surface area contributed by atoms with Gasteiger partial charge in [-0.25, -0.2) is 0 Å². The molecule has 0 saturated carbocycles. The normalized spacial score (nSPS) is 10.8. The van der Waals surface area contributed by atoms with Crippen LogP contribution in [0.15, 0.2) is 22.7 Å². The molecule has 0 unspecified atom stereocenters. The number of halogens is 2. The number of anilines is 1. The summed E-state index contributed by atoms with van der Waals surface area (Å²) in [4.78, 5) is 2.28. The van der Waals surface area contributed by atoms with Gasteiger partial charge in [-0.15, -0.1) is 0 Å². The first-order chi connectivity index (χ1) is 7.04. The fourth-order valence-electron chi connectivity index (χ4n) is 1.59. The monoisotopic (exact) mass is 333 g/mol. The van der Waals surface area contributed by atoms with Gasteiger partial charge in [0.1, 0.15) is 0 Å². The average molecular weight is 335 g/mol. The Labute approximate surface area is 109 Å². The molecule has 1 rings (SSSR count). The van der Waals surface area contributed by atoms with Crippen LogP contribution in [-0.4, -0.2) is 13.6 Å². The van der Waals surface area contributed by atoms with E-state index in [0.717, 1.165) is 11.9 Å². The van der Waals surface area contributed by atoms with E-state index in [0.29, 0.717) is 5.92 Å². The topological polar surface area (TPSA) is 3.24 Å². The highest BCUT2D eigenvalue weighted by Gasteiger charge is 2.07. The van der Waals surface area contributed by atoms with Crippen molar-refractivity contribution in [3.8, 4) is 0 Å². The molecule has 0 amide bonds. The van der Waals surface area contributed by atoms with Crippen molar-refractivity contribution in [2.75, 3.05) is 18.5 Å². The van der Waals surface area contributed by atoms with Crippen LogP contribution in [0.25, 0.3) is 0 Å². The summed E-state index contributed by atoms with van der Waals surface area (Å²) in [6, 6.07) is 6.50. The number of alkyl halides is 1. The Morgan fingerprint density at radius 3 is 2.47 bits per heavy atom. The van der Waals surface area contributed by atoms with Gasteiger partial charge in [-0.05, 0) is 39.5 Å². The van der Waals surface area contributed by atoms with Gasteiger partial charge in [-0.2, -0.15) is 0 Å². The van der Waals surface area contributed by atoms with Crippen LogP contribution in [0.3, 0.4) is 0 Å². The Kier molecular flexibility index (Phi) is 5.13. The molecule has 0 aliphatic rings. The van der Waals surface area contributed by atoms with E-state index >= 15 is 0 Å². The molecule has 3 heteroatoms. The number of benzene rings is 1. The maximum Gasteiger partial charge on any atom is 0.0508 e. The van der Waals surface area contributed by atoms with E-state index in [1.54, 1.807) is 0 Å². The van der Waals surface area contributed by atoms with Crippen molar-refractivity contribution in [2.24, 2.45) is 5.92 Å². The second kappa shape index (κ2) is 5.90. The van der Waals surface area contributed by atoms with Crippen LogP contribution in [0.5, 0.6) is 0 Å². The molecule has 0 aliphatic carbocycles. The van der Waals surface area contributed by atoms with Gasteiger partial charge in [-0.3, -0.25) is 0 Å². The lowest BCUT2D eigenvalue weighted by atomic mass is 10.2. The van der Waals surface area contributed by atoms with Crippen LogP contribution < -0.4 is 4.90 Å². The summed E-state index contributed by atoms with van der Waals surface area (Å²) in [5, 5.41) is 0.903. The molecule has 0 atom stereocenters. The van der Waals surface area contributed by atoms with Crippen LogP contribution in [0.4, 0.5) is 5.69 Å². The van der Waals surface area contributed by atoms with Crippen LogP contribution >= 0.6 is 31.9 Å². The van der Waals surface area contributed by atoms with Crippen molar-refractivity contribution in [1.82, 2.24) is 0 Å². The summed E-state index contributed by atoms with van der Waals surface area (Å²) in [5.41, 5.74) is 2.55. The average Bonchev–Trinajstić information content (AvgIpc) is 2.16. The molecule has 1 aromatic rings.